The number of benzene rings is 2. The van der Waals surface area contributed by atoms with E-state index in [1.807, 2.05) is 55.5 Å². The molecule has 1 atom stereocenters. The Balaban J connectivity index is 0.00000225. The van der Waals surface area contributed by atoms with Gasteiger partial charge in [0, 0.05) is 19.0 Å². The average Bonchev–Trinajstić information content (AvgIpc) is 2.59. The van der Waals surface area contributed by atoms with Crippen molar-refractivity contribution in [3.63, 3.8) is 0 Å². The SMILES string of the molecule is Cc1ccc(Oc2ccccc2)c(NC(=O)CC2COCCN2)c1.Cl. The van der Waals surface area contributed by atoms with E-state index in [2.05, 4.69) is 10.6 Å². The van der Waals surface area contributed by atoms with E-state index in [9.17, 15) is 4.79 Å². The number of ether oxygens (including phenoxy) is 2. The van der Waals surface area contributed by atoms with Crippen molar-refractivity contribution in [2.45, 2.75) is 19.4 Å². The van der Waals surface area contributed by atoms with Crippen molar-refractivity contribution in [3.8, 4) is 11.5 Å². The van der Waals surface area contributed by atoms with Gasteiger partial charge in [-0.2, -0.15) is 0 Å². The molecule has 0 aliphatic carbocycles. The van der Waals surface area contributed by atoms with Crippen LogP contribution in [0.2, 0.25) is 0 Å². The van der Waals surface area contributed by atoms with E-state index in [1.54, 1.807) is 0 Å². The van der Waals surface area contributed by atoms with E-state index in [4.69, 9.17) is 9.47 Å². The van der Waals surface area contributed by atoms with E-state index in [-0.39, 0.29) is 24.4 Å². The van der Waals surface area contributed by atoms with Crippen LogP contribution in [-0.2, 0) is 9.53 Å². The molecule has 1 fully saturated rings. The summed E-state index contributed by atoms with van der Waals surface area (Å²) in [5, 5.41) is 6.24. The summed E-state index contributed by atoms with van der Waals surface area (Å²) in [4.78, 5) is 12.3. The number of carbonyl (C=O) groups is 1. The summed E-state index contributed by atoms with van der Waals surface area (Å²) in [6, 6.07) is 15.3. The Bertz CT molecular complexity index is 688. The highest BCUT2D eigenvalue weighted by Gasteiger charge is 2.18. The van der Waals surface area contributed by atoms with Gasteiger partial charge in [0.25, 0.3) is 0 Å². The lowest BCUT2D eigenvalue weighted by atomic mass is 10.1. The maximum atomic E-state index is 12.3. The lowest BCUT2D eigenvalue weighted by Gasteiger charge is -2.23. The summed E-state index contributed by atoms with van der Waals surface area (Å²) in [6.07, 6.45) is 0.374. The second-order valence-electron chi connectivity index (χ2n) is 5.89. The summed E-state index contributed by atoms with van der Waals surface area (Å²) >= 11 is 0. The smallest absolute Gasteiger partial charge is 0.226 e. The first-order valence-electron chi connectivity index (χ1n) is 8.15. The van der Waals surface area contributed by atoms with E-state index >= 15 is 0 Å². The van der Waals surface area contributed by atoms with Crippen molar-refractivity contribution < 1.29 is 14.3 Å². The van der Waals surface area contributed by atoms with Crippen LogP contribution in [0, 0.1) is 6.92 Å². The van der Waals surface area contributed by atoms with Crippen LogP contribution in [0.4, 0.5) is 5.69 Å². The summed E-state index contributed by atoms with van der Waals surface area (Å²) in [5.41, 5.74) is 1.74. The topological polar surface area (TPSA) is 59.6 Å². The Morgan fingerprint density at radius 1 is 1.28 bits per heavy atom. The summed E-state index contributed by atoms with van der Waals surface area (Å²) in [5.74, 6) is 1.31. The van der Waals surface area contributed by atoms with Gasteiger partial charge in [0.2, 0.25) is 5.91 Å². The third kappa shape index (κ3) is 5.74. The van der Waals surface area contributed by atoms with Crippen molar-refractivity contribution >= 4 is 24.0 Å². The number of hydrogen-bond donors (Lipinski definition) is 2. The second kappa shape index (κ2) is 9.42. The van der Waals surface area contributed by atoms with E-state index in [1.165, 1.54) is 0 Å². The van der Waals surface area contributed by atoms with Gasteiger partial charge in [-0.1, -0.05) is 24.3 Å². The lowest BCUT2D eigenvalue weighted by molar-refractivity contribution is -0.117. The normalized spacial score (nSPS) is 16.6. The molecule has 0 aromatic heterocycles. The number of nitrogens with one attached hydrogen (secondary N) is 2. The molecule has 0 bridgehead atoms. The predicted molar refractivity (Wildman–Crippen MR) is 101 cm³/mol. The van der Waals surface area contributed by atoms with Crippen molar-refractivity contribution in [2.24, 2.45) is 0 Å². The summed E-state index contributed by atoms with van der Waals surface area (Å²) < 4.78 is 11.3. The lowest BCUT2D eigenvalue weighted by Crippen LogP contribution is -2.43. The van der Waals surface area contributed by atoms with Gasteiger partial charge in [0.1, 0.15) is 5.75 Å². The predicted octanol–water partition coefficient (Wildman–Crippen LogP) is 3.53. The molecular formula is C19H23ClN2O3. The molecule has 3 rings (SSSR count). The van der Waals surface area contributed by atoms with Crippen molar-refractivity contribution in [1.29, 1.82) is 0 Å². The van der Waals surface area contributed by atoms with Gasteiger partial charge in [-0.15, -0.1) is 12.4 Å². The molecular weight excluding hydrogens is 340 g/mol. The van der Waals surface area contributed by atoms with Crippen LogP contribution in [-0.4, -0.2) is 31.7 Å². The number of morpholine rings is 1. The molecule has 5 nitrogen and oxygen atoms in total. The average molecular weight is 363 g/mol. The van der Waals surface area contributed by atoms with Crippen LogP contribution >= 0.6 is 12.4 Å². The van der Waals surface area contributed by atoms with Crippen LogP contribution in [0.1, 0.15) is 12.0 Å². The second-order valence-corrected chi connectivity index (χ2v) is 5.89. The van der Waals surface area contributed by atoms with Gasteiger partial charge in [-0.05, 0) is 36.8 Å². The number of amides is 1. The molecule has 1 unspecified atom stereocenters. The fourth-order valence-electron chi connectivity index (χ4n) is 2.62. The van der Waals surface area contributed by atoms with Gasteiger partial charge in [0.15, 0.2) is 5.75 Å². The zero-order valence-corrected chi connectivity index (χ0v) is 15.0. The number of carbonyl (C=O) groups excluding carboxylic acids is 1. The molecule has 0 spiro atoms. The Labute approximate surface area is 154 Å². The molecule has 1 heterocycles. The number of para-hydroxylation sites is 1. The first-order valence-corrected chi connectivity index (χ1v) is 8.15. The van der Waals surface area contributed by atoms with E-state index in [0.29, 0.717) is 31.1 Å². The highest BCUT2D eigenvalue weighted by Crippen LogP contribution is 2.30. The fraction of sp³-hybridized carbons (Fsp3) is 0.316. The Morgan fingerprint density at radius 2 is 2.08 bits per heavy atom. The number of hydrogen-bond acceptors (Lipinski definition) is 4. The monoisotopic (exact) mass is 362 g/mol. The third-order valence-electron chi connectivity index (χ3n) is 3.81. The number of halogens is 1. The standard InChI is InChI=1S/C19H22N2O3.ClH/c1-14-7-8-18(24-16-5-3-2-4-6-16)17(11-14)21-19(22)12-15-13-23-10-9-20-15;/h2-8,11,15,20H,9-10,12-13H2,1H3,(H,21,22);1H. The van der Waals surface area contributed by atoms with Gasteiger partial charge in [-0.3, -0.25) is 4.79 Å². The van der Waals surface area contributed by atoms with Gasteiger partial charge in [0.05, 0.1) is 18.9 Å². The zero-order chi connectivity index (χ0) is 16.8. The van der Waals surface area contributed by atoms with Crippen molar-refractivity contribution in [1.82, 2.24) is 5.32 Å². The highest BCUT2D eigenvalue weighted by molar-refractivity contribution is 5.92. The number of rotatable bonds is 5. The Hall–Kier alpha value is -2.08. The maximum Gasteiger partial charge on any atom is 0.226 e. The third-order valence-corrected chi connectivity index (χ3v) is 3.81. The Kier molecular flexibility index (Phi) is 7.25. The first-order chi connectivity index (χ1) is 11.7. The van der Waals surface area contributed by atoms with Gasteiger partial charge in [-0.25, -0.2) is 0 Å². The van der Waals surface area contributed by atoms with Gasteiger partial charge >= 0.3 is 0 Å². The van der Waals surface area contributed by atoms with Crippen LogP contribution in [0.25, 0.3) is 0 Å². The minimum atomic E-state index is -0.0542. The fourth-order valence-corrected chi connectivity index (χ4v) is 2.62. The number of aryl methyl sites for hydroxylation is 1. The van der Waals surface area contributed by atoms with Gasteiger partial charge < -0.3 is 20.1 Å². The molecule has 1 saturated heterocycles. The molecule has 2 aromatic rings. The maximum absolute atomic E-state index is 12.3. The van der Waals surface area contributed by atoms with Crippen LogP contribution in [0.3, 0.4) is 0 Å². The Morgan fingerprint density at radius 3 is 2.80 bits per heavy atom. The number of anilines is 1. The molecule has 2 N–H and O–H groups in total. The quantitative estimate of drug-likeness (QED) is 0.854. The highest BCUT2D eigenvalue weighted by atomic mass is 35.5. The molecule has 2 aromatic carbocycles. The molecule has 1 aliphatic heterocycles. The van der Waals surface area contributed by atoms with Crippen LogP contribution < -0.4 is 15.4 Å². The minimum absolute atomic E-state index is 0. The largest absolute Gasteiger partial charge is 0.455 e. The molecule has 6 heteroatoms. The molecule has 1 amide bonds. The van der Waals surface area contributed by atoms with Crippen LogP contribution in [0.15, 0.2) is 48.5 Å². The zero-order valence-electron chi connectivity index (χ0n) is 14.2. The molecule has 25 heavy (non-hydrogen) atoms. The molecule has 0 radical (unpaired) electrons. The van der Waals surface area contributed by atoms with Crippen LogP contribution in [0.5, 0.6) is 11.5 Å². The molecule has 1 aliphatic rings. The summed E-state index contributed by atoms with van der Waals surface area (Å²) in [7, 11) is 0. The minimum Gasteiger partial charge on any atom is -0.455 e. The molecule has 134 valence electrons. The van der Waals surface area contributed by atoms with E-state index < -0.39 is 0 Å². The first kappa shape index (κ1) is 19.2. The van der Waals surface area contributed by atoms with Crippen molar-refractivity contribution in [2.75, 3.05) is 25.1 Å². The van der Waals surface area contributed by atoms with E-state index in [0.717, 1.165) is 17.9 Å². The summed E-state index contributed by atoms with van der Waals surface area (Å²) in [6.45, 7) is 4.03. The molecule has 0 saturated carbocycles. The van der Waals surface area contributed by atoms with Crippen molar-refractivity contribution in [3.05, 3.63) is 54.1 Å².